The standard InChI is InChI=1S/C12H21NO4/c1-4-16-12(15)7-10-5-6-11(8(2)13-10)17-9(3)14/h8,10-11,13H,4-7H2,1-3H3/t8-,10+,11+/m0/s1. The quantitative estimate of drug-likeness (QED) is 0.747. The summed E-state index contributed by atoms with van der Waals surface area (Å²) in [6, 6.07) is 0.197. The summed E-state index contributed by atoms with van der Waals surface area (Å²) in [5.41, 5.74) is 0. The molecule has 0 bridgehead atoms. The minimum atomic E-state index is -0.257. The first kappa shape index (κ1) is 14.0. The van der Waals surface area contributed by atoms with Gasteiger partial charge >= 0.3 is 11.9 Å². The molecule has 1 fully saturated rings. The molecule has 3 atom stereocenters. The lowest BCUT2D eigenvalue weighted by molar-refractivity contribution is -0.151. The third kappa shape index (κ3) is 4.73. The largest absolute Gasteiger partial charge is 0.466 e. The van der Waals surface area contributed by atoms with Crippen LogP contribution in [0.4, 0.5) is 0 Å². The number of piperidine rings is 1. The molecule has 0 unspecified atom stereocenters. The SMILES string of the molecule is CCOC(=O)C[C@H]1CC[C@@H](OC(C)=O)[C@H](C)N1. The van der Waals surface area contributed by atoms with Crippen molar-refractivity contribution in [2.45, 2.75) is 58.2 Å². The molecule has 5 nitrogen and oxygen atoms in total. The van der Waals surface area contributed by atoms with Crippen LogP contribution < -0.4 is 5.32 Å². The van der Waals surface area contributed by atoms with Crippen LogP contribution in [0.3, 0.4) is 0 Å². The lowest BCUT2D eigenvalue weighted by Gasteiger charge is -2.34. The topological polar surface area (TPSA) is 64.6 Å². The average molecular weight is 243 g/mol. The normalized spacial score (nSPS) is 28.5. The second-order valence-electron chi connectivity index (χ2n) is 4.39. The first-order valence-electron chi connectivity index (χ1n) is 6.11. The zero-order chi connectivity index (χ0) is 12.8. The van der Waals surface area contributed by atoms with Gasteiger partial charge in [0.15, 0.2) is 0 Å². The summed E-state index contributed by atoms with van der Waals surface area (Å²) < 4.78 is 10.1. The molecule has 98 valence electrons. The Morgan fingerprint density at radius 1 is 1.35 bits per heavy atom. The van der Waals surface area contributed by atoms with Gasteiger partial charge in [0.1, 0.15) is 6.10 Å². The highest BCUT2D eigenvalue weighted by molar-refractivity contribution is 5.70. The van der Waals surface area contributed by atoms with Crippen molar-refractivity contribution in [2.24, 2.45) is 0 Å². The van der Waals surface area contributed by atoms with Crippen molar-refractivity contribution >= 4 is 11.9 Å². The van der Waals surface area contributed by atoms with Crippen LogP contribution in [0.1, 0.15) is 40.0 Å². The van der Waals surface area contributed by atoms with E-state index in [0.717, 1.165) is 12.8 Å². The lowest BCUT2D eigenvalue weighted by atomic mass is 9.95. The zero-order valence-electron chi connectivity index (χ0n) is 10.7. The van der Waals surface area contributed by atoms with E-state index in [9.17, 15) is 9.59 Å². The van der Waals surface area contributed by atoms with Gasteiger partial charge in [0.25, 0.3) is 0 Å². The van der Waals surface area contributed by atoms with Crippen LogP contribution in [-0.2, 0) is 19.1 Å². The highest BCUT2D eigenvalue weighted by Crippen LogP contribution is 2.19. The van der Waals surface area contributed by atoms with Gasteiger partial charge in [0.05, 0.1) is 13.0 Å². The Morgan fingerprint density at radius 2 is 2.06 bits per heavy atom. The molecule has 0 amide bonds. The predicted octanol–water partition coefficient (Wildman–Crippen LogP) is 1.01. The second-order valence-corrected chi connectivity index (χ2v) is 4.39. The van der Waals surface area contributed by atoms with Crippen molar-refractivity contribution in [1.29, 1.82) is 0 Å². The van der Waals surface area contributed by atoms with E-state index in [-0.39, 0.29) is 30.1 Å². The highest BCUT2D eigenvalue weighted by atomic mass is 16.5. The second kappa shape index (κ2) is 6.59. The number of carbonyl (C=O) groups is 2. The number of hydrogen-bond acceptors (Lipinski definition) is 5. The molecular formula is C12H21NO4. The Kier molecular flexibility index (Phi) is 5.41. The monoisotopic (exact) mass is 243 g/mol. The Morgan fingerprint density at radius 3 is 2.59 bits per heavy atom. The van der Waals surface area contributed by atoms with E-state index in [1.807, 2.05) is 6.92 Å². The van der Waals surface area contributed by atoms with E-state index in [2.05, 4.69) is 5.32 Å². The van der Waals surface area contributed by atoms with E-state index < -0.39 is 0 Å². The smallest absolute Gasteiger partial charge is 0.307 e. The maximum Gasteiger partial charge on any atom is 0.307 e. The molecule has 0 saturated carbocycles. The van der Waals surface area contributed by atoms with Gasteiger partial charge in [-0.15, -0.1) is 0 Å². The zero-order valence-corrected chi connectivity index (χ0v) is 10.7. The Labute approximate surface area is 102 Å². The summed E-state index contributed by atoms with van der Waals surface area (Å²) in [6.45, 7) is 5.59. The van der Waals surface area contributed by atoms with Crippen LogP contribution in [0, 0.1) is 0 Å². The van der Waals surface area contributed by atoms with Gasteiger partial charge in [-0.2, -0.15) is 0 Å². The molecule has 5 heteroatoms. The van der Waals surface area contributed by atoms with Crippen LogP contribution in [0.25, 0.3) is 0 Å². The van der Waals surface area contributed by atoms with Crippen LogP contribution >= 0.6 is 0 Å². The number of carbonyl (C=O) groups excluding carboxylic acids is 2. The first-order chi connectivity index (χ1) is 8.02. The molecule has 1 rings (SSSR count). The number of rotatable bonds is 4. The van der Waals surface area contributed by atoms with Crippen molar-refractivity contribution in [1.82, 2.24) is 5.32 Å². The number of ether oxygens (including phenoxy) is 2. The molecule has 0 aromatic rings. The number of hydrogen-bond donors (Lipinski definition) is 1. The summed E-state index contributed by atoms with van der Waals surface area (Å²) in [7, 11) is 0. The predicted molar refractivity (Wildman–Crippen MR) is 62.4 cm³/mol. The molecule has 0 aliphatic carbocycles. The fourth-order valence-corrected chi connectivity index (χ4v) is 2.13. The van der Waals surface area contributed by atoms with Gasteiger partial charge in [-0.05, 0) is 26.7 Å². The fourth-order valence-electron chi connectivity index (χ4n) is 2.13. The molecule has 1 saturated heterocycles. The molecule has 0 aromatic heterocycles. The Balaban J connectivity index is 2.36. The molecule has 1 N–H and O–H groups in total. The molecule has 17 heavy (non-hydrogen) atoms. The summed E-state index contributed by atoms with van der Waals surface area (Å²) in [5, 5.41) is 3.28. The maximum atomic E-state index is 11.3. The van der Waals surface area contributed by atoms with E-state index in [1.165, 1.54) is 6.92 Å². The van der Waals surface area contributed by atoms with Crippen LogP contribution in [-0.4, -0.2) is 36.7 Å². The summed E-state index contributed by atoms with van der Waals surface area (Å²) in [6.07, 6.45) is 1.90. The molecule has 1 aliphatic heterocycles. The van der Waals surface area contributed by atoms with Gasteiger partial charge in [-0.25, -0.2) is 0 Å². The number of nitrogens with one attached hydrogen (secondary N) is 1. The summed E-state index contributed by atoms with van der Waals surface area (Å²) >= 11 is 0. The third-order valence-electron chi connectivity index (χ3n) is 2.89. The average Bonchev–Trinajstić information content (AvgIpc) is 2.22. The van der Waals surface area contributed by atoms with Gasteiger partial charge in [-0.3, -0.25) is 9.59 Å². The van der Waals surface area contributed by atoms with Crippen molar-refractivity contribution < 1.29 is 19.1 Å². The first-order valence-corrected chi connectivity index (χ1v) is 6.11. The minimum Gasteiger partial charge on any atom is -0.466 e. The molecule has 1 aliphatic rings. The third-order valence-corrected chi connectivity index (χ3v) is 2.89. The van der Waals surface area contributed by atoms with Gasteiger partial charge in [0, 0.05) is 19.0 Å². The van der Waals surface area contributed by atoms with Gasteiger partial charge in [0.2, 0.25) is 0 Å². The lowest BCUT2D eigenvalue weighted by Crippen LogP contribution is -2.50. The van der Waals surface area contributed by atoms with Crippen molar-refractivity contribution in [3.05, 3.63) is 0 Å². The molecule has 0 radical (unpaired) electrons. The summed E-state index contributed by atoms with van der Waals surface area (Å²) in [5.74, 6) is -0.435. The van der Waals surface area contributed by atoms with Crippen molar-refractivity contribution in [3.63, 3.8) is 0 Å². The summed E-state index contributed by atoms with van der Waals surface area (Å²) in [4.78, 5) is 22.2. The van der Waals surface area contributed by atoms with E-state index in [0.29, 0.717) is 13.0 Å². The van der Waals surface area contributed by atoms with Crippen LogP contribution in [0.5, 0.6) is 0 Å². The number of esters is 2. The fraction of sp³-hybridized carbons (Fsp3) is 0.833. The molecular weight excluding hydrogens is 222 g/mol. The van der Waals surface area contributed by atoms with Crippen LogP contribution in [0.2, 0.25) is 0 Å². The van der Waals surface area contributed by atoms with Gasteiger partial charge in [-0.1, -0.05) is 0 Å². The minimum absolute atomic E-state index is 0.0760. The highest BCUT2D eigenvalue weighted by Gasteiger charge is 2.30. The van der Waals surface area contributed by atoms with Crippen molar-refractivity contribution in [2.75, 3.05) is 6.61 Å². The van der Waals surface area contributed by atoms with E-state index in [4.69, 9.17) is 9.47 Å². The Hall–Kier alpha value is -1.10. The van der Waals surface area contributed by atoms with Gasteiger partial charge < -0.3 is 14.8 Å². The van der Waals surface area contributed by atoms with Crippen LogP contribution in [0.15, 0.2) is 0 Å². The maximum absolute atomic E-state index is 11.3. The molecule has 0 aromatic carbocycles. The van der Waals surface area contributed by atoms with Crippen molar-refractivity contribution in [3.8, 4) is 0 Å². The molecule has 1 heterocycles. The van der Waals surface area contributed by atoms with E-state index >= 15 is 0 Å². The van der Waals surface area contributed by atoms with E-state index in [1.54, 1.807) is 6.92 Å². The Bertz CT molecular complexity index is 280. The molecule has 0 spiro atoms.